The van der Waals surface area contributed by atoms with Gasteiger partial charge < -0.3 is 11.5 Å². The lowest BCUT2D eigenvalue weighted by atomic mass is 9.86. The molecule has 4 aromatic carbocycles. The molecule has 2 atom stereocenters. The molecule has 4 aromatic rings. The largest absolute Gasteiger partial charge is 0.398 e. The lowest BCUT2D eigenvalue weighted by Gasteiger charge is -2.19. The highest BCUT2D eigenvalue weighted by molar-refractivity contribution is 6.07. The van der Waals surface area contributed by atoms with Gasteiger partial charge in [0.1, 0.15) is 0 Å². The standard InChI is InChI=1S/C25H20N2/c26-24-7-3-4-14-9-22-15(11-21(14)24)8-16(13-25(22)27)20-10-17-12-23(20)19-6-2-1-5-18(17)19/h1-11,13,17,23H,12,26-27H2. The Morgan fingerprint density at radius 3 is 2.37 bits per heavy atom. The maximum atomic E-state index is 6.49. The third-order valence-electron chi connectivity index (χ3n) is 6.37. The molecular weight excluding hydrogens is 328 g/mol. The molecule has 0 saturated carbocycles. The number of nitrogens with two attached hydrogens (primary N) is 2. The summed E-state index contributed by atoms with van der Waals surface area (Å²) in [7, 11) is 0. The van der Waals surface area contributed by atoms with E-state index in [1.54, 1.807) is 0 Å². The van der Waals surface area contributed by atoms with Crippen LogP contribution in [0.3, 0.4) is 0 Å². The summed E-state index contributed by atoms with van der Waals surface area (Å²) in [6.45, 7) is 0. The van der Waals surface area contributed by atoms with Crippen LogP contribution in [0.4, 0.5) is 11.4 Å². The van der Waals surface area contributed by atoms with E-state index >= 15 is 0 Å². The van der Waals surface area contributed by atoms with Gasteiger partial charge in [-0.05, 0) is 69.8 Å². The van der Waals surface area contributed by atoms with Crippen LogP contribution in [-0.2, 0) is 0 Å². The van der Waals surface area contributed by atoms with Gasteiger partial charge in [-0.3, -0.25) is 0 Å². The normalized spacial score (nSPS) is 20.2. The van der Waals surface area contributed by atoms with Gasteiger partial charge in [0.15, 0.2) is 0 Å². The number of benzene rings is 4. The second kappa shape index (κ2) is 5.14. The van der Waals surface area contributed by atoms with E-state index in [0.29, 0.717) is 11.8 Å². The van der Waals surface area contributed by atoms with Gasteiger partial charge in [-0.15, -0.1) is 0 Å². The summed E-state index contributed by atoms with van der Waals surface area (Å²) < 4.78 is 0. The van der Waals surface area contributed by atoms with Gasteiger partial charge in [0.25, 0.3) is 0 Å². The van der Waals surface area contributed by atoms with Crippen molar-refractivity contribution in [3.8, 4) is 0 Å². The predicted octanol–water partition coefficient (Wildman–Crippen LogP) is 5.83. The monoisotopic (exact) mass is 348 g/mol. The SMILES string of the molecule is Nc1cccc2cc3c(N)cc(C4=CC5CC4c4ccccc45)cc3cc12. The molecule has 0 amide bonds. The number of hydrogen-bond donors (Lipinski definition) is 2. The second-order valence-corrected chi connectivity index (χ2v) is 7.85. The van der Waals surface area contributed by atoms with E-state index in [2.05, 4.69) is 60.7 Å². The Balaban J connectivity index is 1.55. The molecule has 2 aliphatic carbocycles. The maximum Gasteiger partial charge on any atom is 0.0400 e. The summed E-state index contributed by atoms with van der Waals surface area (Å²) in [5.74, 6) is 1.04. The van der Waals surface area contributed by atoms with Crippen LogP contribution in [-0.4, -0.2) is 0 Å². The summed E-state index contributed by atoms with van der Waals surface area (Å²) in [5.41, 5.74) is 20.0. The van der Waals surface area contributed by atoms with E-state index in [1.807, 2.05) is 12.1 Å². The number of anilines is 2. The van der Waals surface area contributed by atoms with Crippen molar-refractivity contribution in [3.05, 3.63) is 89.5 Å². The molecule has 0 aliphatic heterocycles. The first-order chi connectivity index (χ1) is 13.2. The molecule has 130 valence electrons. The van der Waals surface area contributed by atoms with Gasteiger partial charge >= 0.3 is 0 Å². The van der Waals surface area contributed by atoms with Crippen LogP contribution in [0, 0.1) is 0 Å². The molecule has 0 radical (unpaired) electrons. The Morgan fingerprint density at radius 1 is 0.704 bits per heavy atom. The lowest BCUT2D eigenvalue weighted by Crippen LogP contribution is -2.00. The predicted molar refractivity (Wildman–Crippen MR) is 115 cm³/mol. The highest BCUT2D eigenvalue weighted by atomic mass is 14.6. The van der Waals surface area contributed by atoms with Crippen molar-refractivity contribution in [2.24, 2.45) is 0 Å². The topological polar surface area (TPSA) is 52.0 Å². The molecule has 0 heterocycles. The Morgan fingerprint density at radius 2 is 1.48 bits per heavy atom. The molecule has 4 N–H and O–H groups in total. The zero-order chi connectivity index (χ0) is 18.1. The van der Waals surface area contributed by atoms with Crippen molar-refractivity contribution in [1.29, 1.82) is 0 Å². The van der Waals surface area contributed by atoms with Crippen molar-refractivity contribution in [2.75, 3.05) is 11.5 Å². The van der Waals surface area contributed by atoms with Crippen LogP contribution >= 0.6 is 0 Å². The van der Waals surface area contributed by atoms with Crippen LogP contribution in [0.15, 0.2) is 72.8 Å². The summed E-state index contributed by atoms with van der Waals surface area (Å²) in [6, 6.07) is 23.7. The molecular formula is C25H20N2. The van der Waals surface area contributed by atoms with E-state index in [9.17, 15) is 0 Å². The van der Waals surface area contributed by atoms with Crippen LogP contribution in [0.25, 0.3) is 27.1 Å². The molecule has 2 heteroatoms. The summed E-state index contributed by atoms with van der Waals surface area (Å²) in [5, 5.41) is 4.48. The smallest absolute Gasteiger partial charge is 0.0400 e. The molecule has 2 nitrogen and oxygen atoms in total. The molecule has 2 aliphatic rings. The van der Waals surface area contributed by atoms with Crippen molar-refractivity contribution >= 4 is 38.5 Å². The Labute approximate surface area is 158 Å². The minimum atomic E-state index is 0.494. The average Bonchev–Trinajstić information content (AvgIpc) is 3.27. The Bertz CT molecular complexity index is 1280. The summed E-state index contributed by atoms with van der Waals surface area (Å²) >= 11 is 0. The number of nitrogen functional groups attached to an aromatic ring is 2. The first kappa shape index (κ1) is 14.9. The molecule has 6 rings (SSSR count). The minimum absolute atomic E-state index is 0.494. The number of hydrogen-bond acceptors (Lipinski definition) is 2. The maximum absolute atomic E-state index is 6.49. The van der Waals surface area contributed by atoms with E-state index in [1.165, 1.54) is 28.7 Å². The van der Waals surface area contributed by atoms with Crippen LogP contribution < -0.4 is 11.5 Å². The molecule has 0 saturated heterocycles. The van der Waals surface area contributed by atoms with Gasteiger partial charge in [-0.2, -0.15) is 0 Å². The highest BCUT2D eigenvalue weighted by Gasteiger charge is 2.38. The number of rotatable bonds is 1. The zero-order valence-corrected chi connectivity index (χ0v) is 14.9. The number of fused-ring (bicyclic) bond motifs is 7. The number of allylic oxidation sites excluding steroid dienone is 2. The Kier molecular flexibility index (Phi) is 2.83. The summed E-state index contributed by atoms with van der Waals surface area (Å²) in [4.78, 5) is 0. The molecule has 0 spiro atoms. The fraction of sp³-hybridized carbons (Fsp3) is 0.120. The van der Waals surface area contributed by atoms with Gasteiger partial charge in [-0.1, -0.05) is 42.5 Å². The first-order valence-corrected chi connectivity index (χ1v) is 9.51. The quantitative estimate of drug-likeness (QED) is 0.336. The third-order valence-corrected chi connectivity index (χ3v) is 6.37. The fourth-order valence-electron chi connectivity index (χ4n) is 5.11. The molecule has 0 aromatic heterocycles. The van der Waals surface area contributed by atoms with E-state index < -0.39 is 0 Å². The van der Waals surface area contributed by atoms with Gasteiger partial charge in [0.2, 0.25) is 0 Å². The summed E-state index contributed by atoms with van der Waals surface area (Å²) in [6.07, 6.45) is 3.64. The van der Waals surface area contributed by atoms with Crippen molar-refractivity contribution in [3.63, 3.8) is 0 Å². The van der Waals surface area contributed by atoms with Crippen LogP contribution in [0.1, 0.15) is 34.9 Å². The van der Waals surface area contributed by atoms with E-state index in [0.717, 1.165) is 32.9 Å². The highest BCUT2D eigenvalue weighted by Crippen LogP contribution is 2.55. The minimum Gasteiger partial charge on any atom is -0.398 e. The molecule has 0 fully saturated rings. The fourth-order valence-corrected chi connectivity index (χ4v) is 5.11. The van der Waals surface area contributed by atoms with Gasteiger partial charge in [-0.25, -0.2) is 0 Å². The van der Waals surface area contributed by atoms with Gasteiger partial charge in [0, 0.05) is 34.0 Å². The van der Waals surface area contributed by atoms with Crippen molar-refractivity contribution in [2.45, 2.75) is 18.3 Å². The lowest BCUT2D eigenvalue weighted by molar-refractivity contribution is 0.811. The first-order valence-electron chi connectivity index (χ1n) is 9.51. The molecule has 27 heavy (non-hydrogen) atoms. The van der Waals surface area contributed by atoms with Crippen molar-refractivity contribution in [1.82, 2.24) is 0 Å². The van der Waals surface area contributed by atoms with E-state index in [-0.39, 0.29) is 0 Å². The molecule has 2 bridgehead atoms. The zero-order valence-electron chi connectivity index (χ0n) is 14.9. The van der Waals surface area contributed by atoms with Crippen molar-refractivity contribution < 1.29 is 0 Å². The van der Waals surface area contributed by atoms with E-state index in [4.69, 9.17) is 11.5 Å². The van der Waals surface area contributed by atoms with Crippen LogP contribution in [0.5, 0.6) is 0 Å². The molecule has 2 unspecified atom stereocenters. The van der Waals surface area contributed by atoms with Gasteiger partial charge in [0.05, 0.1) is 0 Å². The average molecular weight is 348 g/mol. The third kappa shape index (κ3) is 2.01. The van der Waals surface area contributed by atoms with Crippen LogP contribution in [0.2, 0.25) is 0 Å². The second-order valence-electron chi connectivity index (χ2n) is 7.85. The Hall–Kier alpha value is -3.26.